The predicted molar refractivity (Wildman–Crippen MR) is 161 cm³/mol. The van der Waals surface area contributed by atoms with E-state index < -0.39 is 11.9 Å². The van der Waals surface area contributed by atoms with Crippen molar-refractivity contribution in [1.29, 1.82) is 0 Å². The number of halogens is 1. The van der Waals surface area contributed by atoms with Gasteiger partial charge in [-0.2, -0.15) is 5.10 Å². The van der Waals surface area contributed by atoms with E-state index in [-0.39, 0.29) is 5.75 Å². The van der Waals surface area contributed by atoms with Gasteiger partial charge in [0.2, 0.25) is 0 Å². The van der Waals surface area contributed by atoms with Gasteiger partial charge in [-0.3, -0.25) is 4.79 Å². The first kappa shape index (κ1) is 27.5. The van der Waals surface area contributed by atoms with Crippen molar-refractivity contribution in [2.45, 2.75) is 0 Å². The van der Waals surface area contributed by atoms with Gasteiger partial charge in [0.15, 0.2) is 11.5 Å². The van der Waals surface area contributed by atoms with Gasteiger partial charge < -0.3 is 14.2 Å². The smallest absolute Gasteiger partial charge is 0.343 e. The molecule has 5 rings (SSSR count). The first-order chi connectivity index (χ1) is 19.9. The highest BCUT2D eigenvalue weighted by atomic mass is 79.9. The molecule has 0 aliphatic carbocycles. The van der Waals surface area contributed by atoms with E-state index in [2.05, 4.69) is 26.5 Å². The molecule has 0 fully saturated rings. The fraction of sp³-hybridized carbons (Fsp3) is 0.0625. The number of fused-ring (bicyclic) bond motifs is 1. The zero-order valence-electron chi connectivity index (χ0n) is 22.1. The van der Waals surface area contributed by atoms with Crippen molar-refractivity contribution in [3.05, 3.63) is 118 Å². The fourth-order valence-electron chi connectivity index (χ4n) is 4.10. The number of amides is 1. The number of hydrogen-bond acceptors (Lipinski definition) is 7. The summed E-state index contributed by atoms with van der Waals surface area (Å²) < 4.78 is 17.2. The second kappa shape index (κ2) is 12.4. The largest absolute Gasteiger partial charge is 0.497 e. The minimum absolute atomic E-state index is 0.264. The van der Waals surface area contributed by atoms with Crippen LogP contribution in [0, 0.1) is 0 Å². The summed E-state index contributed by atoms with van der Waals surface area (Å²) in [7, 11) is 3.04. The average Bonchev–Trinajstić information content (AvgIpc) is 3.01. The van der Waals surface area contributed by atoms with Crippen LogP contribution in [0.5, 0.6) is 17.2 Å². The maximum atomic E-state index is 13.3. The number of carbonyl (C=O) groups excluding carboxylic acids is 2. The number of nitrogens with one attached hydrogen (secondary N) is 1. The molecule has 4 aromatic carbocycles. The highest BCUT2D eigenvalue weighted by Gasteiger charge is 2.16. The van der Waals surface area contributed by atoms with Crippen molar-refractivity contribution in [2.24, 2.45) is 5.10 Å². The number of benzene rings is 4. The Hall–Kier alpha value is -5.02. The molecule has 0 unspecified atom stereocenters. The third-order valence-electron chi connectivity index (χ3n) is 6.18. The molecule has 1 heterocycles. The first-order valence-corrected chi connectivity index (χ1v) is 13.3. The maximum absolute atomic E-state index is 13.3. The molecule has 9 heteroatoms. The third kappa shape index (κ3) is 6.42. The zero-order chi connectivity index (χ0) is 28.8. The van der Waals surface area contributed by atoms with Gasteiger partial charge in [0.25, 0.3) is 5.91 Å². The summed E-state index contributed by atoms with van der Waals surface area (Å²) in [6.45, 7) is 0. The van der Waals surface area contributed by atoms with E-state index in [0.717, 1.165) is 10.0 Å². The molecule has 41 heavy (non-hydrogen) atoms. The van der Waals surface area contributed by atoms with E-state index in [9.17, 15) is 9.59 Å². The van der Waals surface area contributed by atoms with Gasteiger partial charge in [-0.25, -0.2) is 15.2 Å². The summed E-state index contributed by atoms with van der Waals surface area (Å²) in [5, 5.41) is 4.78. The lowest BCUT2D eigenvalue weighted by atomic mass is 10.0. The second-order valence-corrected chi connectivity index (χ2v) is 9.73. The Kier molecular flexibility index (Phi) is 8.36. The highest BCUT2D eigenvalue weighted by Crippen LogP contribution is 2.30. The summed E-state index contributed by atoms with van der Waals surface area (Å²) >= 11 is 3.45. The number of aromatic nitrogens is 1. The van der Waals surface area contributed by atoms with Crippen molar-refractivity contribution in [2.75, 3.05) is 14.2 Å². The molecule has 0 spiro atoms. The molecule has 0 aliphatic rings. The lowest BCUT2D eigenvalue weighted by molar-refractivity contribution is 0.0729. The topological polar surface area (TPSA) is 99.1 Å². The Morgan fingerprint density at radius 1 is 0.854 bits per heavy atom. The quantitative estimate of drug-likeness (QED) is 0.0913. The zero-order valence-corrected chi connectivity index (χ0v) is 23.7. The normalized spacial score (nSPS) is 10.9. The highest BCUT2D eigenvalue weighted by molar-refractivity contribution is 9.10. The van der Waals surface area contributed by atoms with Crippen LogP contribution in [-0.4, -0.2) is 37.3 Å². The molecule has 1 aromatic heterocycles. The van der Waals surface area contributed by atoms with Gasteiger partial charge in [-0.1, -0.05) is 46.3 Å². The summed E-state index contributed by atoms with van der Waals surface area (Å²) in [6.07, 6.45) is 1.48. The molecule has 0 bridgehead atoms. The van der Waals surface area contributed by atoms with Crippen molar-refractivity contribution >= 4 is 44.9 Å². The fourth-order valence-corrected chi connectivity index (χ4v) is 4.36. The molecule has 0 saturated heterocycles. The van der Waals surface area contributed by atoms with E-state index in [1.54, 1.807) is 67.8 Å². The second-order valence-electron chi connectivity index (χ2n) is 8.81. The standard InChI is InChI=1S/C32H24BrN3O5/c1-39-24-13-14-27-25(17-24)26(18-28(35-27)21-9-11-23(33)12-10-21)31(37)36-34-19-20-8-15-29(30(16-20)40-2)41-32(38)22-6-4-3-5-7-22/h3-19H,1-2H3,(H,36,37). The van der Waals surface area contributed by atoms with Crippen LogP contribution in [-0.2, 0) is 0 Å². The first-order valence-electron chi connectivity index (χ1n) is 12.5. The van der Waals surface area contributed by atoms with Gasteiger partial charge in [0.1, 0.15) is 5.75 Å². The molecule has 1 amide bonds. The van der Waals surface area contributed by atoms with Crippen LogP contribution in [0.1, 0.15) is 26.3 Å². The lowest BCUT2D eigenvalue weighted by Gasteiger charge is -2.11. The lowest BCUT2D eigenvalue weighted by Crippen LogP contribution is -2.18. The van der Waals surface area contributed by atoms with E-state index in [1.807, 2.05) is 36.4 Å². The van der Waals surface area contributed by atoms with E-state index in [4.69, 9.17) is 19.2 Å². The van der Waals surface area contributed by atoms with Crippen molar-refractivity contribution in [3.8, 4) is 28.5 Å². The Morgan fingerprint density at radius 3 is 2.37 bits per heavy atom. The van der Waals surface area contributed by atoms with Crippen molar-refractivity contribution in [1.82, 2.24) is 10.4 Å². The van der Waals surface area contributed by atoms with Gasteiger partial charge in [-0.05, 0) is 72.3 Å². The SMILES string of the molecule is COc1ccc2nc(-c3ccc(Br)cc3)cc(C(=O)NN=Cc3ccc(OC(=O)c4ccccc4)c(OC)c3)c2c1. The van der Waals surface area contributed by atoms with Crippen LogP contribution in [0.25, 0.3) is 22.2 Å². The number of esters is 1. The number of pyridine rings is 1. The Balaban J connectivity index is 1.38. The van der Waals surface area contributed by atoms with Crippen LogP contribution in [0.4, 0.5) is 0 Å². The number of ether oxygens (including phenoxy) is 3. The molecule has 0 atom stereocenters. The number of nitrogens with zero attached hydrogens (tertiary/aromatic N) is 2. The number of rotatable bonds is 8. The number of carbonyl (C=O) groups is 2. The van der Waals surface area contributed by atoms with Crippen LogP contribution < -0.4 is 19.6 Å². The summed E-state index contributed by atoms with van der Waals surface area (Å²) in [4.78, 5) is 30.5. The molecule has 8 nitrogen and oxygen atoms in total. The average molecular weight is 610 g/mol. The number of methoxy groups -OCH3 is 2. The molecule has 5 aromatic rings. The minimum Gasteiger partial charge on any atom is -0.497 e. The predicted octanol–water partition coefficient (Wildman–Crippen LogP) is 6.66. The molecular weight excluding hydrogens is 586 g/mol. The van der Waals surface area contributed by atoms with E-state index >= 15 is 0 Å². The number of hydrogen-bond donors (Lipinski definition) is 1. The van der Waals surface area contributed by atoms with Gasteiger partial charge >= 0.3 is 5.97 Å². The van der Waals surface area contributed by atoms with Crippen molar-refractivity contribution < 1.29 is 23.8 Å². The van der Waals surface area contributed by atoms with Crippen LogP contribution in [0.2, 0.25) is 0 Å². The minimum atomic E-state index is -0.499. The molecule has 0 saturated carbocycles. The number of hydrazone groups is 1. The summed E-state index contributed by atoms with van der Waals surface area (Å²) in [5.74, 6) is 0.298. The van der Waals surface area contributed by atoms with Gasteiger partial charge in [-0.15, -0.1) is 0 Å². The van der Waals surface area contributed by atoms with Gasteiger partial charge in [0, 0.05) is 15.4 Å². The Bertz CT molecular complexity index is 1760. The Labute approximate surface area is 244 Å². The van der Waals surface area contributed by atoms with E-state index in [0.29, 0.717) is 44.8 Å². The molecule has 204 valence electrons. The molecule has 0 aliphatic heterocycles. The van der Waals surface area contributed by atoms with E-state index in [1.165, 1.54) is 13.3 Å². The summed E-state index contributed by atoms with van der Waals surface area (Å²) in [5.41, 5.74) is 6.20. The Morgan fingerprint density at radius 2 is 1.63 bits per heavy atom. The van der Waals surface area contributed by atoms with Crippen LogP contribution in [0.15, 0.2) is 107 Å². The maximum Gasteiger partial charge on any atom is 0.343 e. The van der Waals surface area contributed by atoms with Crippen LogP contribution in [0.3, 0.4) is 0 Å². The van der Waals surface area contributed by atoms with Crippen LogP contribution >= 0.6 is 15.9 Å². The molecule has 1 N–H and O–H groups in total. The van der Waals surface area contributed by atoms with Gasteiger partial charge in [0.05, 0.1) is 42.8 Å². The summed E-state index contributed by atoms with van der Waals surface area (Å²) in [6, 6.07) is 28.4. The molecular formula is C32H24BrN3O5. The third-order valence-corrected chi connectivity index (χ3v) is 6.71. The molecule has 0 radical (unpaired) electrons. The van der Waals surface area contributed by atoms with Crippen molar-refractivity contribution in [3.63, 3.8) is 0 Å². The monoisotopic (exact) mass is 609 g/mol.